The van der Waals surface area contributed by atoms with Gasteiger partial charge in [0.05, 0.1) is 5.69 Å². The number of anilines is 1. The molecule has 0 atom stereocenters. The van der Waals surface area contributed by atoms with E-state index in [9.17, 15) is 4.79 Å². The van der Waals surface area contributed by atoms with E-state index in [0.717, 1.165) is 16.7 Å². The number of benzene rings is 1. The first-order valence-electron chi connectivity index (χ1n) is 6.10. The molecule has 3 rings (SSSR count). The Morgan fingerprint density at radius 2 is 2.25 bits per heavy atom. The topological polar surface area (TPSA) is 55.1 Å². The second kappa shape index (κ2) is 5.30. The van der Waals surface area contributed by atoms with E-state index >= 15 is 0 Å². The summed E-state index contributed by atoms with van der Waals surface area (Å²) in [4.78, 5) is 15.9. The van der Waals surface area contributed by atoms with Crippen molar-refractivity contribution in [3.8, 4) is 0 Å². The van der Waals surface area contributed by atoms with Crippen LogP contribution in [-0.4, -0.2) is 10.9 Å². The highest BCUT2D eigenvalue weighted by molar-refractivity contribution is 7.13. The summed E-state index contributed by atoms with van der Waals surface area (Å²) in [5, 5.41) is 6.21. The molecule has 0 fully saturated rings. The summed E-state index contributed by atoms with van der Waals surface area (Å²) in [6, 6.07) is 9.62. The van der Waals surface area contributed by atoms with E-state index in [1.54, 1.807) is 6.08 Å². The molecule has 100 valence electrons. The van der Waals surface area contributed by atoms with Crippen LogP contribution in [0, 0.1) is 6.92 Å². The Kier molecular flexibility index (Phi) is 3.35. The van der Waals surface area contributed by atoms with E-state index in [1.807, 2.05) is 42.6 Å². The van der Waals surface area contributed by atoms with Crippen LogP contribution in [0.15, 0.2) is 46.2 Å². The molecule has 1 amide bonds. The highest BCUT2D eigenvalue weighted by Crippen LogP contribution is 2.20. The number of amides is 1. The Hall–Kier alpha value is -2.40. The van der Waals surface area contributed by atoms with Crippen LogP contribution in [0.2, 0.25) is 0 Å². The maximum atomic E-state index is 11.7. The first-order valence-corrected chi connectivity index (χ1v) is 6.98. The zero-order valence-electron chi connectivity index (χ0n) is 10.8. The molecule has 5 heteroatoms. The van der Waals surface area contributed by atoms with E-state index in [-0.39, 0.29) is 5.91 Å². The Morgan fingerprint density at radius 1 is 1.40 bits per heavy atom. The molecule has 0 saturated carbocycles. The summed E-state index contributed by atoms with van der Waals surface area (Å²) in [6.45, 7) is 1.89. The maximum Gasteiger partial charge on any atom is 0.250 e. The van der Waals surface area contributed by atoms with Crippen LogP contribution in [0.25, 0.3) is 17.0 Å². The number of fused-ring (bicyclic) bond motifs is 1. The minimum Gasteiger partial charge on any atom is -0.457 e. The summed E-state index contributed by atoms with van der Waals surface area (Å²) < 4.78 is 5.59. The molecule has 0 unspecified atom stereocenters. The molecule has 1 aromatic carbocycles. The number of nitrogens with one attached hydrogen (secondary N) is 1. The number of nitrogens with zero attached hydrogens (tertiary/aromatic N) is 1. The standard InChI is InChI=1S/C15H12N2O2S/c1-10-9-20-15(16-10)17-14(18)7-6-12-8-11-4-2-3-5-13(11)19-12/h2-9H,1H3,(H,16,17,18)/b7-6+. The van der Waals surface area contributed by atoms with Gasteiger partial charge in [0, 0.05) is 16.8 Å². The van der Waals surface area contributed by atoms with Gasteiger partial charge in [0.25, 0.3) is 0 Å². The van der Waals surface area contributed by atoms with Crippen molar-refractivity contribution in [3.05, 3.63) is 53.2 Å². The number of carbonyl (C=O) groups excluding carboxylic acids is 1. The third-order valence-electron chi connectivity index (χ3n) is 2.69. The highest BCUT2D eigenvalue weighted by Gasteiger charge is 2.03. The van der Waals surface area contributed by atoms with Gasteiger partial charge in [-0.2, -0.15) is 0 Å². The summed E-state index contributed by atoms with van der Waals surface area (Å²) in [7, 11) is 0. The number of furan rings is 1. The SMILES string of the molecule is Cc1csc(NC(=O)/C=C/c2cc3ccccc3o2)n1. The van der Waals surface area contributed by atoms with E-state index in [1.165, 1.54) is 17.4 Å². The number of carbonyl (C=O) groups is 1. The van der Waals surface area contributed by atoms with Gasteiger partial charge >= 0.3 is 0 Å². The lowest BCUT2D eigenvalue weighted by Gasteiger charge is -1.94. The zero-order chi connectivity index (χ0) is 13.9. The van der Waals surface area contributed by atoms with Gasteiger partial charge in [0.15, 0.2) is 5.13 Å². The van der Waals surface area contributed by atoms with E-state index in [4.69, 9.17) is 4.42 Å². The Balaban J connectivity index is 1.71. The predicted molar refractivity (Wildman–Crippen MR) is 80.7 cm³/mol. The molecule has 0 spiro atoms. The Bertz CT molecular complexity index is 753. The number of hydrogen-bond donors (Lipinski definition) is 1. The van der Waals surface area contributed by atoms with Gasteiger partial charge in [-0.3, -0.25) is 10.1 Å². The van der Waals surface area contributed by atoms with Crippen LogP contribution in [0.5, 0.6) is 0 Å². The van der Waals surface area contributed by atoms with Crippen LogP contribution in [0.1, 0.15) is 11.5 Å². The predicted octanol–water partition coefficient (Wildman–Crippen LogP) is 3.85. The third kappa shape index (κ3) is 2.78. The van der Waals surface area contributed by atoms with Crippen molar-refractivity contribution in [1.82, 2.24) is 4.98 Å². The number of aromatic nitrogens is 1. The lowest BCUT2D eigenvalue weighted by atomic mass is 10.2. The molecule has 2 heterocycles. The molecule has 2 aromatic heterocycles. The van der Waals surface area contributed by atoms with E-state index < -0.39 is 0 Å². The van der Waals surface area contributed by atoms with Gasteiger partial charge < -0.3 is 4.42 Å². The quantitative estimate of drug-likeness (QED) is 0.743. The lowest BCUT2D eigenvalue weighted by molar-refractivity contribution is -0.111. The summed E-state index contributed by atoms with van der Waals surface area (Å²) >= 11 is 1.40. The number of rotatable bonds is 3. The average Bonchev–Trinajstić information content (AvgIpc) is 3.02. The third-order valence-corrected chi connectivity index (χ3v) is 3.57. The smallest absolute Gasteiger partial charge is 0.250 e. The Morgan fingerprint density at radius 3 is 3.00 bits per heavy atom. The van der Waals surface area contributed by atoms with Crippen molar-refractivity contribution in [2.24, 2.45) is 0 Å². The van der Waals surface area contributed by atoms with Crippen LogP contribution < -0.4 is 5.32 Å². The largest absolute Gasteiger partial charge is 0.457 e. The molecular weight excluding hydrogens is 272 g/mol. The van der Waals surface area contributed by atoms with Gasteiger partial charge in [-0.25, -0.2) is 4.98 Å². The van der Waals surface area contributed by atoms with Gasteiger partial charge in [-0.15, -0.1) is 11.3 Å². The van der Waals surface area contributed by atoms with Gasteiger partial charge in [0.2, 0.25) is 5.91 Å². The highest BCUT2D eigenvalue weighted by atomic mass is 32.1. The van der Waals surface area contributed by atoms with Crippen molar-refractivity contribution < 1.29 is 9.21 Å². The number of para-hydroxylation sites is 1. The fourth-order valence-corrected chi connectivity index (χ4v) is 2.49. The van der Waals surface area contributed by atoms with E-state index in [0.29, 0.717) is 10.9 Å². The molecule has 0 aliphatic rings. The average molecular weight is 284 g/mol. The lowest BCUT2D eigenvalue weighted by Crippen LogP contribution is -2.07. The first kappa shape index (κ1) is 12.6. The minimum absolute atomic E-state index is 0.222. The molecule has 0 radical (unpaired) electrons. The van der Waals surface area contributed by atoms with Crippen molar-refractivity contribution in [2.45, 2.75) is 6.92 Å². The van der Waals surface area contributed by atoms with Crippen molar-refractivity contribution in [2.75, 3.05) is 5.32 Å². The molecule has 4 nitrogen and oxygen atoms in total. The molecule has 0 bridgehead atoms. The van der Waals surface area contributed by atoms with Gasteiger partial charge in [0.1, 0.15) is 11.3 Å². The maximum absolute atomic E-state index is 11.7. The zero-order valence-corrected chi connectivity index (χ0v) is 11.6. The van der Waals surface area contributed by atoms with Crippen LogP contribution in [0.3, 0.4) is 0 Å². The molecule has 1 N–H and O–H groups in total. The first-order chi connectivity index (χ1) is 9.70. The number of aryl methyl sites for hydroxylation is 1. The number of thiazole rings is 1. The van der Waals surface area contributed by atoms with Gasteiger partial charge in [-0.05, 0) is 25.1 Å². The van der Waals surface area contributed by atoms with Gasteiger partial charge in [-0.1, -0.05) is 18.2 Å². The fourth-order valence-electron chi connectivity index (χ4n) is 1.80. The fraction of sp³-hybridized carbons (Fsp3) is 0.0667. The number of hydrogen-bond acceptors (Lipinski definition) is 4. The second-order valence-electron chi connectivity index (χ2n) is 4.30. The van der Waals surface area contributed by atoms with Crippen molar-refractivity contribution >= 4 is 39.4 Å². The van der Waals surface area contributed by atoms with Crippen molar-refractivity contribution in [3.63, 3.8) is 0 Å². The minimum atomic E-state index is -0.222. The summed E-state index contributed by atoms with van der Waals surface area (Å²) in [5.74, 6) is 0.427. The molecule has 0 aliphatic carbocycles. The van der Waals surface area contributed by atoms with Crippen LogP contribution in [-0.2, 0) is 4.79 Å². The molecule has 0 aliphatic heterocycles. The molecular formula is C15H12N2O2S. The second-order valence-corrected chi connectivity index (χ2v) is 5.16. The molecule has 20 heavy (non-hydrogen) atoms. The monoisotopic (exact) mass is 284 g/mol. The molecule has 3 aromatic rings. The normalized spacial score (nSPS) is 11.2. The van der Waals surface area contributed by atoms with Crippen LogP contribution >= 0.6 is 11.3 Å². The molecule has 0 saturated heterocycles. The van der Waals surface area contributed by atoms with E-state index in [2.05, 4.69) is 10.3 Å². The summed E-state index contributed by atoms with van der Waals surface area (Å²) in [5.41, 5.74) is 1.70. The Labute approximate surface area is 119 Å². The van der Waals surface area contributed by atoms with Crippen molar-refractivity contribution in [1.29, 1.82) is 0 Å². The summed E-state index contributed by atoms with van der Waals surface area (Å²) in [6.07, 6.45) is 3.09. The van der Waals surface area contributed by atoms with Crippen LogP contribution in [0.4, 0.5) is 5.13 Å².